The number of hydrogen-bond acceptors (Lipinski definition) is 0. The van der Waals surface area contributed by atoms with Crippen molar-refractivity contribution in [2.24, 2.45) is 11.8 Å². The summed E-state index contributed by atoms with van der Waals surface area (Å²) in [5.74, 6) is 1.67. The predicted octanol–water partition coefficient (Wildman–Crippen LogP) is 4.42. The molecule has 0 aromatic rings. The Morgan fingerprint density at radius 2 is 1.92 bits per heavy atom. The summed E-state index contributed by atoms with van der Waals surface area (Å²) in [6.07, 6.45) is 6.27. The highest BCUT2D eigenvalue weighted by Crippen LogP contribution is 2.26. The third-order valence-corrected chi connectivity index (χ3v) is 3.06. The zero-order valence-corrected chi connectivity index (χ0v) is 9.35. The minimum atomic E-state index is 0.778. The molecule has 0 aliphatic rings. The van der Waals surface area contributed by atoms with E-state index < -0.39 is 0 Å². The molecule has 0 heteroatoms. The van der Waals surface area contributed by atoms with E-state index in [-0.39, 0.29) is 0 Å². The molecule has 0 aliphatic carbocycles. The van der Waals surface area contributed by atoms with Gasteiger partial charge in [-0.25, -0.2) is 0 Å². The van der Waals surface area contributed by atoms with Gasteiger partial charge in [0.25, 0.3) is 0 Å². The Kier molecular flexibility index (Phi) is 6.14. The molecule has 0 heterocycles. The van der Waals surface area contributed by atoms with Gasteiger partial charge in [-0.1, -0.05) is 51.7 Å². The number of rotatable bonds is 5. The molecule has 0 rings (SSSR count). The summed E-state index contributed by atoms with van der Waals surface area (Å²) >= 11 is 0. The molecule has 0 nitrogen and oxygen atoms in total. The average Bonchev–Trinajstić information content (AvgIpc) is 2.11. The van der Waals surface area contributed by atoms with Crippen LogP contribution in [0, 0.1) is 11.8 Å². The van der Waals surface area contributed by atoms with Crippen LogP contribution in [0.3, 0.4) is 0 Å². The first-order valence-corrected chi connectivity index (χ1v) is 5.30. The van der Waals surface area contributed by atoms with Gasteiger partial charge in [-0.05, 0) is 25.7 Å². The quantitative estimate of drug-likeness (QED) is 0.533. The summed E-state index contributed by atoms with van der Waals surface area (Å²) in [6, 6.07) is 0. The Bertz CT molecular complexity index is 133. The molecule has 0 N–H and O–H groups in total. The Morgan fingerprint density at radius 3 is 2.25 bits per heavy atom. The second-order valence-electron chi connectivity index (χ2n) is 3.78. The van der Waals surface area contributed by atoms with Gasteiger partial charge >= 0.3 is 0 Å². The Labute approximate surface area is 78.1 Å². The Balaban J connectivity index is 4.10. The molecular weight excluding hydrogens is 144 g/mol. The van der Waals surface area contributed by atoms with Crippen molar-refractivity contribution in [1.82, 2.24) is 0 Å². The second kappa shape index (κ2) is 6.28. The zero-order chi connectivity index (χ0) is 9.56. The minimum Gasteiger partial charge on any atom is -0.0885 e. The number of hydrogen-bond donors (Lipinski definition) is 0. The first-order chi connectivity index (χ1) is 5.67. The highest BCUT2D eigenvalue weighted by atomic mass is 14.2. The van der Waals surface area contributed by atoms with E-state index in [1.165, 1.54) is 19.3 Å². The van der Waals surface area contributed by atoms with Crippen LogP contribution in [0.1, 0.15) is 53.9 Å². The fourth-order valence-electron chi connectivity index (χ4n) is 1.81. The molecule has 0 aromatic carbocycles. The summed E-state index contributed by atoms with van der Waals surface area (Å²) in [7, 11) is 0. The van der Waals surface area contributed by atoms with Crippen LogP contribution in [-0.2, 0) is 0 Å². The van der Waals surface area contributed by atoms with Crippen LogP contribution >= 0.6 is 0 Å². The van der Waals surface area contributed by atoms with Crippen LogP contribution in [0.4, 0.5) is 0 Å². The fourth-order valence-corrected chi connectivity index (χ4v) is 1.81. The van der Waals surface area contributed by atoms with E-state index in [1.807, 2.05) is 0 Å². The van der Waals surface area contributed by atoms with Crippen molar-refractivity contribution in [3.05, 3.63) is 11.6 Å². The van der Waals surface area contributed by atoms with Gasteiger partial charge in [0.15, 0.2) is 0 Å². The largest absolute Gasteiger partial charge is 0.0885 e. The van der Waals surface area contributed by atoms with Crippen LogP contribution < -0.4 is 0 Å². The molecule has 0 radical (unpaired) electrons. The molecule has 0 fully saturated rings. The zero-order valence-electron chi connectivity index (χ0n) is 9.35. The van der Waals surface area contributed by atoms with Crippen molar-refractivity contribution >= 4 is 0 Å². The standard InChI is InChI=1S/C12H24/c1-6-9-12(8-3)11(5)10(4)7-2/h7,11-12H,6,8-9H2,1-5H3. The van der Waals surface area contributed by atoms with Crippen molar-refractivity contribution in [3.63, 3.8) is 0 Å². The number of allylic oxidation sites excluding steroid dienone is 2. The molecule has 2 atom stereocenters. The van der Waals surface area contributed by atoms with Gasteiger partial charge in [0, 0.05) is 0 Å². The van der Waals surface area contributed by atoms with E-state index in [9.17, 15) is 0 Å². The Morgan fingerprint density at radius 1 is 1.33 bits per heavy atom. The second-order valence-corrected chi connectivity index (χ2v) is 3.78. The summed E-state index contributed by atoms with van der Waals surface area (Å²) in [5, 5.41) is 0. The molecule has 0 aromatic heterocycles. The van der Waals surface area contributed by atoms with E-state index in [1.54, 1.807) is 5.57 Å². The summed E-state index contributed by atoms with van der Waals surface area (Å²) in [5.41, 5.74) is 1.55. The molecule has 2 unspecified atom stereocenters. The fraction of sp³-hybridized carbons (Fsp3) is 0.833. The first kappa shape index (κ1) is 11.7. The van der Waals surface area contributed by atoms with Gasteiger partial charge in [0.2, 0.25) is 0 Å². The monoisotopic (exact) mass is 168 g/mol. The molecule has 12 heavy (non-hydrogen) atoms. The normalized spacial score (nSPS) is 17.6. The lowest BCUT2D eigenvalue weighted by atomic mass is 9.83. The van der Waals surface area contributed by atoms with Crippen molar-refractivity contribution in [3.8, 4) is 0 Å². The molecular formula is C12H24. The lowest BCUT2D eigenvalue weighted by molar-refractivity contribution is 0.361. The smallest absolute Gasteiger partial charge is 0.0206 e. The maximum Gasteiger partial charge on any atom is -0.0206 e. The van der Waals surface area contributed by atoms with E-state index in [0.29, 0.717) is 0 Å². The van der Waals surface area contributed by atoms with Gasteiger partial charge in [-0.2, -0.15) is 0 Å². The van der Waals surface area contributed by atoms with Gasteiger partial charge in [-0.15, -0.1) is 0 Å². The Hall–Kier alpha value is -0.260. The van der Waals surface area contributed by atoms with Crippen molar-refractivity contribution in [2.75, 3.05) is 0 Å². The molecule has 0 spiro atoms. The van der Waals surface area contributed by atoms with Gasteiger partial charge in [0.1, 0.15) is 0 Å². The minimum absolute atomic E-state index is 0.778. The molecule has 0 aliphatic heterocycles. The first-order valence-electron chi connectivity index (χ1n) is 5.30. The van der Waals surface area contributed by atoms with Gasteiger partial charge < -0.3 is 0 Å². The highest BCUT2D eigenvalue weighted by molar-refractivity contribution is 5.01. The van der Waals surface area contributed by atoms with E-state index >= 15 is 0 Å². The highest BCUT2D eigenvalue weighted by Gasteiger charge is 2.14. The van der Waals surface area contributed by atoms with E-state index in [0.717, 1.165) is 11.8 Å². The van der Waals surface area contributed by atoms with E-state index in [2.05, 4.69) is 40.7 Å². The topological polar surface area (TPSA) is 0 Å². The van der Waals surface area contributed by atoms with Crippen molar-refractivity contribution in [2.45, 2.75) is 53.9 Å². The molecule has 0 saturated carbocycles. The van der Waals surface area contributed by atoms with Crippen LogP contribution in [0.15, 0.2) is 11.6 Å². The van der Waals surface area contributed by atoms with Crippen molar-refractivity contribution < 1.29 is 0 Å². The van der Waals surface area contributed by atoms with Crippen LogP contribution in [0.25, 0.3) is 0 Å². The van der Waals surface area contributed by atoms with Crippen LogP contribution in [0.5, 0.6) is 0 Å². The third kappa shape index (κ3) is 3.42. The molecule has 0 saturated heterocycles. The summed E-state index contributed by atoms with van der Waals surface area (Å²) in [4.78, 5) is 0. The van der Waals surface area contributed by atoms with Crippen LogP contribution in [0.2, 0.25) is 0 Å². The molecule has 0 bridgehead atoms. The molecule has 72 valence electrons. The third-order valence-electron chi connectivity index (χ3n) is 3.06. The van der Waals surface area contributed by atoms with Gasteiger partial charge in [0.05, 0.1) is 0 Å². The maximum atomic E-state index is 2.36. The molecule has 0 amide bonds. The summed E-state index contributed by atoms with van der Waals surface area (Å²) < 4.78 is 0. The maximum absolute atomic E-state index is 2.36. The van der Waals surface area contributed by atoms with Crippen LogP contribution in [-0.4, -0.2) is 0 Å². The lowest BCUT2D eigenvalue weighted by Gasteiger charge is -2.22. The average molecular weight is 168 g/mol. The summed E-state index contributed by atoms with van der Waals surface area (Å²) in [6.45, 7) is 11.3. The van der Waals surface area contributed by atoms with Gasteiger partial charge in [-0.3, -0.25) is 0 Å². The van der Waals surface area contributed by atoms with E-state index in [4.69, 9.17) is 0 Å². The SMILES string of the molecule is CC=C(C)C(C)C(CC)CCC. The lowest BCUT2D eigenvalue weighted by Crippen LogP contribution is -2.11. The van der Waals surface area contributed by atoms with Crippen molar-refractivity contribution in [1.29, 1.82) is 0 Å². The predicted molar refractivity (Wildman–Crippen MR) is 57.3 cm³/mol.